The fourth-order valence-corrected chi connectivity index (χ4v) is 3.13. The van der Waals surface area contributed by atoms with Crippen molar-refractivity contribution >= 4 is 21.4 Å². The lowest BCUT2D eigenvalue weighted by Crippen LogP contribution is -2.27. The van der Waals surface area contributed by atoms with Gasteiger partial charge in [-0.05, 0) is 29.1 Å². The van der Waals surface area contributed by atoms with Crippen LogP contribution in [0.1, 0.15) is 11.7 Å². The van der Waals surface area contributed by atoms with E-state index in [0.717, 1.165) is 15.6 Å². The number of benzene rings is 2. The molecule has 2 nitrogen and oxygen atoms in total. The molecule has 0 fully saturated rings. The zero-order valence-electron chi connectivity index (χ0n) is 11.4. The number of hydrogen-bond acceptors (Lipinski definition) is 3. The first kappa shape index (κ1) is 14.0. The molecule has 2 aromatic carbocycles. The van der Waals surface area contributed by atoms with Crippen molar-refractivity contribution in [2.45, 2.75) is 12.3 Å². The second-order valence-electron chi connectivity index (χ2n) is 4.79. The maximum Gasteiger partial charge on any atom is 0.156 e. The van der Waals surface area contributed by atoms with Gasteiger partial charge in [0.2, 0.25) is 0 Å². The van der Waals surface area contributed by atoms with Gasteiger partial charge in [0.15, 0.2) is 12.3 Å². The van der Waals surface area contributed by atoms with Crippen molar-refractivity contribution in [1.82, 2.24) is 0 Å². The number of nitrogens with two attached hydrogens (primary N) is 1. The average molecular weight is 301 g/mol. The van der Waals surface area contributed by atoms with Gasteiger partial charge in [0.1, 0.15) is 5.75 Å². The average Bonchev–Trinajstić information content (AvgIpc) is 3.02. The Morgan fingerprint density at radius 1 is 1.05 bits per heavy atom. The summed E-state index contributed by atoms with van der Waals surface area (Å²) in [5, 5.41) is 3.01. The molecule has 4 heteroatoms. The normalized spacial score (nSPS) is 14.0. The molecule has 0 aliphatic heterocycles. The standard InChI is InChI=1S/C17H16FNOS/c18-14(11-19)17(12-5-2-1-3-6-12)20-15-7-4-8-16-13(15)9-10-21-16/h1-10,14,17H,11,19H2/t14-,17+/m0/s1. The quantitative estimate of drug-likeness (QED) is 0.762. The minimum Gasteiger partial charge on any atom is -0.482 e. The van der Waals surface area contributed by atoms with Gasteiger partial charge in [-0.2, -0.15) is 0 Å². The van der Waals surface area contributed by atoms with Gasteiger partial charge < -0.3 is 10.5 Å². The summed E-state index contributed by atoms with van der Waals surface area (Å²) in [6.07, 6.45) is -1.94. The van der Waals surface area contributed by atoms with Gasteiger partial charge in [-0.15, -0.1) is 11.3 Å². The monoisotopic (exact) mass is 301 g/mol. The van der Waals surface area contributed by atoms with Gasteiger partial charge in [0.05, 0.1) is 0 Å². The van der Waals surface area contributed by atoms with E-state index in [0.29, 0.717) is 5.75 Å². The van der Waals surface area contributed by atoms with Crippen LogP contribution < -0.4 is 10.5 Å². The Morgan fingerprint density at radius 2 is 1.86 bits per heavy atom. The number of ether oxygens (including phenoxy) is 1. The predicted molar refractivity (Wildman–Crippen MR) is 85.6 cm³/mol. The Hall–Kier alpha value is -1.91. The van der Waals surface area contributed by atoms with Crippen LogP contribution in [0.5, 0.6) is 5.75 Å². The van der Waals surface area contributed by atoms with Crippen LogP contribution in [0.4, 0.5) is 4.39 Å². The lowest BCUT2D eigenvalue weighted by Gasteiger charge is -2.22. The van der Waals surface area contributed by atoms with Crippen molar-refractivity contribution in [3.8, 4) is 5.75 Å². The Labute approximate surface area is 127 Å². The Bertz CT molecular complexity index is 713. The lowest BCUT2D eigenvalue weighted by molar-refractivity contribution is 0.106. The first-order valence-corrected chi connectivity index (χ1v) is 7.69. The summed E-state index contributed by atoms with van der Waals surface area (Å²) in [6, 6.07) is 17.2. The molecule has 3 aromatic rings. The van der Waals surface area contributed by atoms with Gasteiger partial charge in [-0.3, -0.25) is 0 Å². The van der Waals surface area contributed by atoms with Crippen molar-refractivity contribution in [3.05, 3.63) is 65.5 Å². The van der Waals surface area contributed by atoms with E-state index in [4.69, 9.17) is 10.5 Å². The second-order valence-corrected chi connectivity index (χ2v) is 5.74. The van der Waals surface area contributed by atoms with Crippen molar-refractivity contribution in [2.24, 2.45) is 5.73 Å². The highest BCUT2D eigenvalue weighted by Gasteiger charge is 2.24. The molecule has 0 spiro atoms. The molecule has 0 saturated carbocycles. The molecule has 1 heterocycles. The van der Waals surface area contributed by atoms with Crippen LogP contribution in [0.25, 0.3) is 10.1 Å². The fraction of sp³-hybridized carbons (Fsp3) is 0.176. The van der Waals surface area contributed by atoms with Crippen LogP contribution >= 0.6 is 11.3 Å². The van der Waals surface area contributed by atoms with Crippen molar-refractivity contribution in [2.75, 3.05) is 6.54 Å². The van der Waals surface area contributed by atoms with E-state index in [9.17, 15) is 4.39 Å². The third-order valence-corrected chi connectivity index (χ3v) is 4.27. The molecule has 3 rings (SSSR count). The molecule has 2 N–H and O–H groups in total. The van der Waals surface area contributed by atoms with E-state index in [1.165, 1.54) is 0 Å². The molecule has 2 atom stereocenters. The minimum absolute atomic E-state index is 0.0703. The number of alkyl halides is 1. The third kappa shape index (κ3) is 2.91. The predicted octanol–water partition coefficient (Wildman–Crippen LogP) is 4.32. The molecule has 1 aromatic heterocycles. The third-order valence-electron chi connectivity index (χ3n) is 3.39. The summed E-state index contributed by atoms with van der Waals surface area (Å²) in [7, 11) is 0. The Morgan fingerprint density at radius 3 is 2.62 bits per heavy atom. The van der Waals surface area contributed by atoms with Crippen LogP contribution in [0.3, 0.4) is 0 Å². The van der Waals surface area contributed by atoms with Gasteiger partial charge in [0, 0.05) is 16.6 Å². The molecule has 0 bridgehead atoms. The Kier molecular flexibility index (Phi) is 4.18. The van der Waals surface area contributed by atoms with E-state index < -0.39 is 12.3 Å². The molecule has 0 unspecified atom stereocenters. The maximum absolute atomic E-state index is 14.2. The van der Waals surface area contributed by atoms with Gasteiger partial charge >= 0.3 is 0 Å². The summed E-state index contributed by atoms with van der Waals surface area (Å²) >= 11 is 1.64. The van der Waals surface area contributed by atoms with E-state index in [2.05, 4.69) is 0 Å². The second kappa shape index (κ2) is 6.24. The number of thiophene rings is 1. The molecule has 0 saturated heterocycles. The molecule has 0 radical (unpaired) electrons. The number of fused-ring (bicyclic) bond motifs is 1. The largest absolute Gasteiger partial charge is 0.482 e. The minimum atomic E-state index is -1.25. The zero-order chi connectivity index (χ0) is 14.7. The highest BCUT2D eigenvalue weighted by atomic mass is 32.1. The number of rotatable bonds is 5. The molecule has 0 aliphatic carbocycles. The van der Waals surface area contributed by atoms with Crippen LogP contribution in [0.2, 0.25) is 0 Å². The number of halogens is 1. The van der Waals surface area contributed by atoms with E-state index in [1.54, 1.807) is 11.3 Å². The first-order chi connectivity index (χ1) is 10.3. The highest BCUT2D eigenvalue weighted by molar-refractivity contribution is 7.17. The molecule has 0 aliphatic rings. The van der Waals surface area contributed by atoms with Crippen LogP contribution in [0.15, 0.2) is 60.0 Å². The summed E-state index contributed by atoms with van der Waals surface area (Å²) in [5.41, 5.74) is 6.30. The molecular weight excluding hydrogens is 285 g/mol. The lowest BCUT2D eigenvalue weighted by atomic mass is 10.0. The van der Waals surface area contributed by atoms with Gasteiger partial charge in [-0.1, -0.05) is 36.4 Å². The molecule has 0 amide bonds. The molecule has 108 valence electrons. The molecular formula is C17H16FNOS. The Balaban J connectivity index is 1.97. The topological polar surface area (TPSA) is 35.2 Å². The van der Waals surface area contributed by atoms with Crippen LogP contribution in [-0.2, 0) is 0 Å². The SMILES string of the molecule is NC[C@H](F)[C@H](Oc1cccc2sccc12)c1ccccc1. The van der Waals surface area contributed by atoms with Gasteiger partial charge in [0.25, 0.3) is 0 Å². The van der Waals surface area contributed by atoms with E-state index in [1.807, 2.05) is 60.0 Å². The van der Waals surface area contributed by atoms with Crippen molar-refractivity contribution in [1.29, 1.82) is 0 Å². The van der Waals surface area contributed by atoms with E-state index >= 15 is 0 Å². The summed E-state index contributed by atoms with van der Waals surface area (Å²) in [5.74, 6) is 0.693. The van der Waals surface area contributed by atoms with Gasteiger partial charge in [-0.25, -0.2) is 4.39 Å². The van der Waals surface area contributed by atoms with Crippen LogP contribution in [-0.4, -0.2) is 12.7 Å². The smallest absolute Gasteiger partial charge is 0.156 e. The fourth-order valence-electron chi connectivity index (χ4n) is 2.32. The highest BCUT2D eigenvalue weighted by Crippen LogP contribution is 2.34. The first-order valence-electron chi connectivity index (χ1n) is 6.81. The van der Waals surface area contributed by atoms with Crippen LogP contribution in [0, 0.1) is 0 Å². The summed E-state index contributed by atoms with van der Waals surface area (Å²) in [6.45, 7) is -0.0703. The van der Waals surface area contributed by atoms with Crippen molar-refractivity contribution < 1.29 is 9.13 Å². The maximum atomic E-state index is 14.2. The summed E-state index contributed by atoms with van der Waals surface area (Å²) < 4.78 is 21.4. The van der Waals surface area contributed by atoms with E-state index in [-0.39, 0.29) is 6.54 Å². The molecule has 21 heavy (non-hydrogen) atoms. The summed E-state index contributed by atoms with van der Waals surface area (Å²) in [4.78, 5) is 0. The zero-order valence-corrected chi connectivity index (χ0v) is 12.2. The van der Waals surface area contributed by atoms with Crippen molar-refractivity contribution in [3.63, 3.8) is 0 Å². The number of hydrogen-bond donors (Lipinski definition) is 1.